The summed E-state index contributed by atoms with van der Waals surface area (Å²) in [6.45, 7) is 8.11. The van der Waals surface area contributed by atoms with Crippen LogP contribution in [0.1, 0.15) is 85.5 Å². The molecule has 0 aromatic carbocycles. The molecular formula is C17H32O4. The number of unbranched alkanes of at least 4 members (excludes halogenated alkanes) is 2. The van der Waals surface area contributed by atoms with E-state index < -0.39 is 0 Å². The van der Waals surface area contributed by atoms with E-state index in [1.165, 1.54) is 0 Å². The average Bonchev–Trinajstić information content (AvgIpc) is 2.45. The highest BCUT2D eigenvalue weighted by atomic mass is 16.5. The standard InChI is InChI=1S/C17H32O4/c1-5-8-9-11-14(4)20-16(18)12-13-17(19)21-15(7-3)10-6-2/h14-15H,5-13H2,1-4H3. The van der Waals surface area contributed by atoms with Gasteiger partial charge in [0.15, 0.2) is 0 Å². The minimum absolute atomic E-state index is 0.0218. The predicted octanol–water partition coefficient (Wildman–Crippen LogP) is 4.40. The summed E-state index contributed by atoms with van der Waals surface area (Å²) in [6, 6.07) is 0. The van der Waals surface area contributed by atoms with Crippen molar-refractivity contribution in [2.24, 2.45) is 0 Å². The van der Waals surface area contributed by atoms with Crippen LogP contribution in [0.2, 0.25) is 0 Å². The van der Waals surface area contributed by atoms with Crippen LogP contribution in [0, 0.1) is 0 Å². The van der Waals surface area contributed by atoms with Crippen LogP contribution in [-0.2, 0) is 19.1 Å². The zero-order valence-corrected chi connectivity index (χ0v) is 14.2. The highest BCUT2D eigenvalue weighted by Crippen LogP contribution is 2.10. The molecule has 0 heterocycles. The van der Waals surface area contributed by atoms with Gasteiger partial charge < -0.3 is 9.47 Å². The van der Waals surface area contributed by atoms with E-state index in [-0.39, 0.29) is 37.0 Å². The van der Waals surface area contributed by atoms with Crippen LogP contribution in [0.25, 0.3) is 0 Å². The van der Waals surface area contributed by atoms with E-state index in [9.17, 15) is 9.59 Å². The summed E-state index contributed by atoms with van der Waals surface area (Å²) in [6.07, 6.45) is 7.09. The van der Waals surface area contributed by atoms with Crippen molar-refractivity contribution in [1.82, 2.24) is 0 Å². The summed E-state index contributed by atoms with van der Waals surface area (Å²) in [5, 5.41) is 0. The van der Waals surface area contributed by atoms with Crippen LogP contribution in [0.15, 0.2) is 0 Å². The van der Waals surface area contributed by atoms with Gasteiger partial charge in [-0.2, -0.15) is 0 Å². The van der Waals surface area contributed by atoms with Crippen molar-refractivity contribution in [3.8, 4) is 0 Å². The van der Waals surface area contributed by atoms with E-state index in [0.717, 1.165) is 44.9 Å². The van der Waals surface area contributed by atoms with Gasteiger partial charge in [-0.15, -0.1) is 0 Å². The first-order valence-corrected chi connectivity index (χ1v) is 8.42. The van der Waals surface area contributed by atoms with Crippen molar-refractivity contribution in [3.05, 3.63) is 0 Å². The maximum absolute atomic E-state index is 11.7. The molecule has 0 radical (unpaired) electrons. The highest BCUT2D eigenvalue weighted by Gasteiger charge is 2.15. The van der Waals surface area contributed by atoms with Gasteiger partial charge in [0.25, 0.3) is 0 Å². The molecule has 0 aliphatic carbocycles. The smallest absolute Gasteiger partial charge is 0.306 e. The molecule has 0 spiro atoms. The molecule has 0 saturated heterocycles. The highest BCUT2D eigenvalue weighted by molar-refractivity contribution is 5.77. The van der Waals surface area contributed by atoms with E-state index >= 15 is 0 Å². The maximum Gasteiger partial charge on any atom is 0.306 e. The second-order valence-corrected chi connectivity index (χ2v) is 5.61. The Morgan fingerprint density at radius 3 is 2.00 bits per heavy atom. The normalized spacial score (nSPS) is 13.5. The SMILES string of the molecule is CCCCCC(C)OC(=O)CCC(=O)OC(CC)CCC. The lowest BCUT2D eigenvalue weighted by Crippen LogP contribution is -2.20. The minimum Gasteiger partial charge on any atom is -0.463 e. The molecule has 0 rings (SSSR count). The summed E-state index contributed by atoms with van der Waals surface area (Å²) in [5.41, 5.74) is 0. The van der Waals surface area contributed by atoms with Gasteiger partial charge in [-0.1, -0.05) is 40.0 Å². The van der Waals surface area contributed by atoms with Crippen LogP contribution in [0.3, 0.4) is 0 Å². The number of hydrogen-bond acceptors (Lipinski definition) is 4. The summed E-state index contributed by atoms with van der Waals surface area (Å²) in [5.74, 6) is -0.606. The third-order valence-electron chi connectivity index (χ3n) is 3.44. The van der Waals surface area contributed by atoms with Crippen molar-refractivity contribution >= 4 is 11.9 Å². The monoisotopic (exact) mass is 300 g/mol. The van der Waals surface area contributed by atoms with Crippen molar-refractivity contribution in [3.63, 3.8) is 0 Å². The lowest BCUT2D eigenvalue weighted by atomic mass is 10.1. The Balaban J connectivity index is 3.83. The summed E-state index contributed by atoms with van der Waals surface area (Å²) in [4.78, 5) is 23.3. The zero-order chi connectivity index (χ0) is 16.1. The Hall–Kier alpha value is -1.06. The predicted molar refractivity (Wildman–Crippen MR) is 84.0 cm³/mol. The van der Waals surface area contributed by atoms with Gasteiger partial charge in [-0.25, -0.2) is 0 Å². The molecule has 0 amide bonds. The van der Waals surface area contributed by atoms with Gasteiger partial charge in [0.05, 0.1) is 18.9 Å². The molecule has 0 aromatic rings. The van der Waals surface area contributed by atoms with Crippen molar-refractivity contribution in [2.45, 2.75) is 97.7 Å². The van der Waals surface area contributed by atoms with Crippen LogP contribution in [-0.4, -0.2) is 24.1 Å². The molecule has 0 aliphatic heterocycles. The first-order valence-electron chi connectivity index (χ1n) is 8.42. The minimum atomic E-state index is -0.306. The molecule has 124 valence electrons. The topological polar surface area (TPSA) is 52.6 Å². The summed E-state index contributed by atoms with van der Waals surface area (Å²) >= 11 is 0. The number of rotatable bonds is 12. The molecule has 21 heavy (non-hydrogen) atoms. The zero-order valence-electron chi connectivity index (χ0n) is 14.2. The van der Waals surface area contributed by atoms with Gasteiger partial charge in [-0.05, 0) is 32.6 Å². The number of hydrogen-bond donors (Lipinski definition) is 0. The number of carbonyl (C=O) groups excluding carboxylic acids is 2. The van der Waals surface area contributed by atoms with E-state index in [1.807, 2.05) is 13.8 Å². The molecule has 0 fully saturated rings. The fourth-order valence-electron chi connectivity index (χ4n) is 2.14. The Kier molecular flexibility index (Phi) is 12.0. The van der Waals surface area contributed by atoms with Gasteiger partial charge in [-0.3, -0.25) is 9.59 Å². The first kappa shape index (κ1) is 19.9. The molecule has 0 bridgehead atoms. The van der Waals surface area contributed by atoms with E-state index in [2.05, 4.69) is 13.8 Å². The number of esters is 2. The first-order chi connectivity index (χ1) is 10.0. The molecule has 2 unspecified atom stereocenters. The Morgan fingerprint density at radius 1 is 0.857 bits per heavy atom. The molecule has 4 nitrogen and oxygen atoms in total. The van der Waals surface area contributed by atoms with Crippen LogP contribution >= 0.6 is 0 Å². The second-order valence-electron chi connectivity index (χ2n) is 5.61. The molecule has 0 aliphatic rings. The molecule has 0 N–H and O–H groups in total. The lowest BCUT2D eigenvalue weighted by molar-refractivity contribution is -0.156. The largest absolute Gasteiger partial charge is 0.463 e. The van der Waals surface area contributed by atoms with E-state index in [0.29, 0.717) is 0 Å². The van der Waals surface area contributed by atoms with Crippen LogP contribution in [0.5, 0.6) is 0 Å². The summed E-state index contributed by atoms with van der Waals surface area (Å²) in [7, 11) is 0. The van der Waals surface area contributed by atoms with E-state index in [4.69, 9.17) is 9.47 Å². The molecular weight excluding hydrogens is 268 g/mol. The van der Waals surface area contributed by atoms with Gasteiger partial charge >= 0.3 is 11.9 Å². The van der Waals surface area contributed by atoms with Gasteiger partial charge in [0.2, 0.25) is 0 Å². The van der Waals surface area contributed by atoms with Crippen LogP contribution in [0.4, 0.5) is 0 Å². The van der Waals surface area contributed by atoms with Crippen molar-refractivity contribution in [1.29, 1.82) is 0 Å². The third kappa shape index (κ3) is 11.3. The average molecular weight is 300 g/mol. The van der Waals surface area contributed by atoms with E-state index in [1.54, 1.807) is 0 Å². The Labute approximate surface area is 129 Å². The second kappa shape index (κ2) is 12.7. The molecule has 0 saturated carbocycles. The lowest BCUT2D eigenvalue weighted by Gasteiger charge is -2.16. The Bertz CT molecular complexity index is 289. The maximum atomic E-state index is 11.7. The number of ether oxygens (including phenoxy) is 2. The third-order valence-corrected chi connectivity index (χ3v) is 3.44. The van der Waals surface area contributed by atoms with Gasteiger partial charge in [0, 0.05) is 0 Å². The van der Waals surface area contributed by atoms with Crippen LogP contribution < -0.4 is 0 Å². The Morgan fingerprint density at radius 2 is 1.48 bits per heavy atom. The summed E-state index contributed by atoms with van der Waals surface area (Å²) < 4.78 is 10.6. The quantitative estimate of drug-likeness (QED) is 0.396. The van der Waals surface area contributed by atoms with Gasteiger partial charge in [0.1, 0.15) is 6.10 Å². The van der Waals surface area contributed by atoms with Crippen molar-refractivity contribution in [2.75, 3.05) is 0 Å². The van der Waals surface area contributed by atoms with Crippen molar-refractivity contribution < 1.29 is 19.1 Å². The molecule has 0 aromatic heterocycles. The fraction of sp³-hybridized carbons (Fsp3) is 0.882. The number of carbonyl (C=O) groups is 2. The molecule has 4 heteroatoms. The fourth-order valence-corrected chi connectivity index (χ4v) is 2.14. The molecule has 2 atom stereocenters.